The number of nitrogens with zero attached hydrogens (tertiary/aromatic N) is 2. The van der Waals surface area contributed by atoms with E-state index in [9.17, 15) is 9.59 Å². The molecule has 16 heavy (non-hydrogen) atoms. The van der Waals surface area contributed by atoms with Crippen molar-refractivity contribution in [1.29, 1.82) is 0 Å². The van der Waals surface area contributed by atoms with Crippen molar-refractivity contribution in [3.05, 3.63) is 24.1 Å². The smallest absolute Gasteiger partial charge is 0.290 e. The predicted octanol–water partition coefficient (Wildman–Crippen LogP) is 1.30. The van der Waals surface area contributed by atoms with E-state index in [2.05, 4.69) is 4.98 Å². The van der Waals surface area contributed by atoms with Crippen molar-refractivity contribution >= 4 is 29.0 Å². The first-order valence-corrected chi connectivity index (χ1v) is 4.72. The molecule has 0 aliphatic heterocycles. The largest absolute Gasteiger partial charge is 0.441 e. The van der Waals surface area contributed by atoms with Gasteiger partial charge < -0.3 is 9.32 Å². The van der Waals surface area contributed by atoms with Crippen molar-refractivity contribution < 1.29 is 14.0 Å². The minimum absolute atomic E-state index is 0.276. The average Bonchev–Trinajstić information content (AvgIpc) is 2.65. The van der Waals surface area contributed by atoms with Crippen LogP contribution in [-0.4, -0.2) is 24.2 Å². The summed E-state index contributed by atoms with van der Waals surface area (Å²) in [5.41, 5.74) is 1.94. The van der Waals surface area contributed by atoms with Crippen LogP contribution in [0.3, 0.4) is 0 Å². The summed E-state index contributed by atoms with van der Waals surface area (Å²) in [4.78, 5) is 26.9. The van der Waals surface area contributed by atoms with Gasteiger partial charge in [-0.1, -0.05) is 0 Å². The number of hydrogen-bond acceptors (Lipinski definition) is 4. The van der Waals surface area contributed by atoms with E-state index in [1.807, 2.05) is 0 Å². The highest BCUT2D eigenvalue weighted by Crippen LogP contribution is 2.21. The second-order valence-corrected chi connectivity index (χ2v) is 3.40. The van der Waals surface area contributed by atoms with Gasteiger partial charge in [0.05, 0.1) is 0 Å². The minimum Gasteiger partial charge on any atom is -0.441 e. The Morgan fingerprint density at radius 2 is 2.25 bits per heavy atom. The van der Waals surface area contributed by atoms with Gasteiger partial charge in [-0.3, -0.25) is 9.59 Å². The Balaban J connectivity index is 2.45. The van der Waals surface area contributed by atoms with Crippen LogP contribution in [0.1, 0.15) is 5.89 Å². The van der Waals surface area contributed by atoms with Gasteiger partial charge in [0.25, 0.3) is 5.91 Å². The summed E-state index contributed by atoms with van der Waals surface area (Å²) in [6.07, 6.45) is 0.276. The van der Waals surface area contributed by atoms with Gasteiger partial charge >= 0.3 is 0 Å². The number of rotatable bonds is 2. The lowest BCUT2D eigenvalue weighted by atomic mass is 10.2. The molecule has 1 aromatic heterocycles. The van der Waals surface area contributed by atoms with Gasteiger partial charge in [-0.15, -0.1) is 0 Å². The van der Waals surface area contributed by atoms with Crippen LogP contribution >= 0.6 is 0 Å². The van der Waals surface area contributed by atoms with Gasteiger partial charge in [0, 0.05) is 19.7 Å². The molecule has 5 heteroatoms. The van der Waals surface area contributed by atoms with E-state index in [1.54, 1.807) is 25.1 Å². The molecule has 0 aliphatic rings. The van der Waals surface area contributed by atoms with Crippen molar-refractivity contribution in [1.82, 2.24) is 4.98 Å². The second kappa shape index (κ2) is 3.77. The lowest BCUT2D eigenvalue weighted by Gasteiger charge is -2.13. The highest BCUT2D eigenvalue weighted by molar-refractivity contribution is 6.30. The number of benzene rings is 1. The molecular formula is C11H10N2O3. The molecule has 2 aromatic rings. The molecule has 0 saturated carbocycles. The molecule has 5 nitrogen and oxygen atoms in total. The zero-order chi connectivity index (χ0) is 11.7. The van der Waals surface area contributed by atoms with E-state index in [-0.39, 0.29) is 6.29 Å². The third-order valence-corrected chi connectivity index (χ3v) is 2.30. The molecule has 0 radical (unpaired) electrons. The highest BCUT2D eigenvalue weighted by atomic mass is 16.3. The average molecular weight is 218 g/mol. The number of aryl methyl sites for hydroxylation is 1. The Hall–Kier alpha value is -2.17. The molecule has 0 atom stereocenters. The number of oxazole rings is 1. The topological polar surface area (TPSA) is 63.4 Å². The first kappa shape index (κ1) is 10.4. The summed E-state index contributed by atoms with van der Waals surface area (Å²) in [7, 11) is 1.53. The minimum atomic E-state index is -0.598. The number of amides is 1. The zero-order valence-corrected chi connectivity index (χ0v) is 8.93. The first-order chi connectivity index (χ1) is 7.61. The van der Waals surface area contributed by atoms with E-state index < -0.39 is 5.91 Å². The van der Waals surface area contributed by atoms with Crippen LogP contribution in [-0.2, 0) is 9.59 Å². The lowest BCUT2D eigenvalue weighted by Crippen LogP contribution is -2.26. The standard InChI is InChI=1S/C11H10N2O3/c1-7-12-9-5-8(3-4-10(9)16-7)13(2)11(15)6-14/h3-6H,1-2H3. The molecule has 0 fully saturated rings. The number of carbonyl (C=O) groups is 2. The first-order valence-electron chi connectivity index (χ1n) is 4.72. The Morgan fingerprint density at radius 3 is 2.94 bits per heavy atom. The number of anilines is 1. The van der Waals surface area contributed by atoms with Crippen LogP contribution < -0.4 is 4.90 Å². The molecule has 0 unspecified atom stereocenters. The quantitative estimate of drug-likeness (QED) is 0.563. The third-order valence-electron chi connectivity index (χ3n) is 2.30. The van der Waals surface area contributed by atoms with Gasteiger partial charge in [-0.05, 0) is 18.2 Å². The molecule has 0 saturated heterocycles. The highest BCUT2D eigenvalue weighted by Gasteiger charge is 2.11. The third kappa shape index (κ3) is 1.67. The van der Waals surface area contributed by atoms with E-state index in [0.717, 1.165) is 0 Å². The maximum atomic E-state index is 11.2. The van der Waals surface area contributed by atoms with E-state index in [1.165, 1.54) is 11.9 Å². The summed E-state index contributed by atoms with van der Waals surface area (Å²) in [5.74, 6) is -0.0314. The zero-order valence-electron chi connectivity index (χ0n) is 8.93. The fourth-order valence-electron chi connectivity index (χ4n) is 1.45. The van der Waals surface area contributed by atoms with Crippen molar-refractivity contribution in [3.8, 4) is 0 Å². The van der Waals surface area contributed by atoms with E-state index >= 15 is 0 Å². The van der Waals surface area contributed by atoms with Crippen molar-refractivity contribution in [2.75, 3.05) is 11.9 Å². The molecule has 0 bridgehead atoms. The molecule has 0 spiro atoms. The fraction of sp³-hybridized carbons (Fsp3) is 0.182. The van der Waals surface area contributed by atoms with Gasteiger partial charge in [0.1, 0.15) is 5.52 Å². The summed E-state index contributed by atoms with van der Waals surface area (Å²) >= 11 is 0. The SMILES string of the molecule is Cc1nc2cc(N(C)C(=O)C=O)ccc2o1. The predicted molar refractivity (Wildman–Crippen MR) is 58.2 cm³/mol. The Bertz CT molecular complexity index is 559. The molecule has 1 amide bonds. The van der Waals surface area contributed by atoms with Gasteiger partial charge in [-0.25, -0.2) is 4.98 Å². The molecule has 0 N–H and O–H groups in total. The lowest BCUT2D eigenvalue weighted by molar-refractivity contribution is -0.129. The summed E-state index contributed by atoms with van der Waals surface area (Å²) in [5, 5.41) is 0. The van der Waals surface area contributed by atoms with Crippen LogP contribution in [0.5, 0.6) is 0 Å². The van der Waals surface area contributed by atoms with Crippen LogP contribution in [0, 0.1) is 6.92 Å². The van der Waals surface area contributed by atoms with Crippen LogP contribution in [0.4, 0.5) is 5.69 Å². The number of aldehydes is 1. The Morgan fingerprint density at radius 1 is 1.50 bits per heavy atom. The molecule has 82 valence electrons. The van der Waals surface area contributed by atoms with Gasteiger partial charge in [0.2, 0.25) is 6.29 Å². The van der Waals surface area contributed by atoms with Crippen molar-refractivity contribution in [3.63, 3.8) is 0 Å². The van der Waals surface area contributed by atoms with Crippen LogP contribution in [0.15, 0.2) is 22.6 Å². The van der Waals surface area contributed by atoms with E-state index in [0.29, 0.717) is 22.7 Å². The molecule has 1 aromatic carbocycles. The molecule has 0 aliphatic carbocycles. The molecular weight excluding hydrogens is 208 g/mol. The maximum absolute atomic E-state index is 11.2. The Labute approximate surface area is 91.7 Å². The summed E-state index contributed by atoms with van der Waals surface area (Å²) in [6, 6.07) is 5.13. The molecule has 2 rings (SSSR count). The normalized spacial score (nSPS) is 10.4. The number of likely N-dealkylation sites (N-methyl/N-ethyl adjacent to an activating group) is 1. The maximum Gasteiger partial charge on any atom is 0.290 e. The number of carbonyl (C=O) groups excluding carboxylic acids is 2. The van der Waals surface area contributed by atoms with Crippen molar-refractivity contribution in [2.24, 2.45) is 0 Å². The Kier molecular flexibility index (Phi) is 2.44. The summed E-state index contributed by atoms with van der Waals surface area (Å²) < 4.78 is 5.31. The van der Waals surface area contributed by atoms with Gasteiger partial charge in [-0.2, -0.15) is 0 Å². The monoisotopic (exact) mass is 218 g/mol. The van der Waals surface area contributed by atoms with E-state index in [4.69, 9.17) is 4.42 Å². The van der Waals surface area contributed by atoms with Gasteiger partial charge in [0.15, 0.2) is 11.5 Å². The molecule has 1 heterocycles. The van der Waals surface area contributed by atoms with Crippen LogP contribution in [0.2, 0.25) is 0 Å². The number of hydrogen-bond donors (Lipinski definition) is 0. The van der Waals surface area contributed by atoms with Crippen molar-refractivity contribution in [2.45, 2.75) is 6.92 Å². The summed E-state index contributed by atoms with van der Waals surface area (Å²) in [6.45, 7) is 1.75. The second-order valence-electron chi connectivity index (χ2n) is 3.40. The number of aromatic nitrogens is 1. The fourth-order valence-corrected chi connectivity index (χ4v) is 1.45. The number of fused-ring (bicyclic) bond motifs is 1. The van der Waals surface area contributed by atoms with Crippen LogP contribution in [0.25, 0.3) is 11.1 Å².